The molecular formula is C28H28N2O2S. The Morgan fingerprint density at radius 2 is 1.67 bits per heavy atom. The number of benzene rings is 3. The molecule has 33 heavy (non-hydrogen) atoms. The highest BCUT2D eigenvalue weighted by molar-refractivity contribution is 7.09. The van der Waals surface area contributed by atoms with E-state index in [2.05, 4.69) is 29.6 Å². The number of carbonyl (C=O) groups excluding carboxylic acids is 1. The molecule has 0 spiro atoms. The fraction of sp³-hybridized carbons (Fsp3) is 0.214. The van der Waals surface area contributed by atoms with E-state index in [0.29, 0.717) is 12.1 Å². The molecule has 4 rings (SSSR count). The van der Waals surface area contributed by atoms with Crippen molar-refractivity contribution in [2.45, 2.75) is 33.1 Å². The topological polar surface area (TPSA) is 51.1 Å². The summed E-state index contributed by atoms with van der Waals surface area (Å²) in [5, 5.41) is 3.03. The number of thiazole rings is 1. The second-order valence-corrected chi connectivity index (χ2v) is 9.34. The molecule has 3 aromatic carbocycles. The highest BCUT2D eigenvalue weighted by atomic mass is 32.1. The molecule has 4 aromatic rings. The van der Waals surface area contributed by atoms with Crippen molar-refractivity contribution in [2.24, 2.45) is 0 Å². The maximum absolute atomic E-state index is 12.8. The largest absolute Gasteiger partial charge is 0.352 e. The van der Waals surface area contributed by atoms with Crippen molar-refractivity contribution in [3.05, 3.63) is 110 Å². The molecule has 5 heteroatoms. The van der Waals surface area contributed by atoms with E-state index in [9.17, 15) is 9.59 Å². The Morgan fingerprint density at radius 1 is 0.909 bits per heavy atom. The lowest BCUT2D eigenvalue weighted by atomic mass is 10.1. The number of unbranched alkanes of at least 4 members (excludes halogenated alkanes) is 1. The van der Waals surface area contributed by atoms with Crippen molar-refractivity contribution in [3.63, 3.8) is 0 Å². The highest BCUT2D eigenvalue weighted by Gasteiger charge is 2.17. The molecule has 4 nitrogen and oxygen atoms in total. The molecule has 0 unspecified atom stereocenters. The summed E-state index contributed by atoms with van der Waals surface area (Å²) in [5.74, 6) is -0.0887. The standard InChI is InChI=1S/C28H28N2O2S/c1-20-11-6-7-17-25(20)30-26(21(2)33-28(30)32)23-15-10-16-24(19-23)27(31)29-18-9-8-14-22-12-4-3-5-13-22/h3-7,10-13,15-17,19H,8-9,14,18H2,1-2H3,(H,29,31). The van der Waals surface area contributed by atoms with Gasteiger partial charge in [0.2, 0.25) is 0 Å². The summed E-state index contributed by atoms with van der Waals surface area (Å²) in [7, 11) is 0. The second-order valence-electron chi connectivity index (χ2n) is 8.17. The summed E-state index contributed by atoms with van der Waals surface area (Å²) in [6.45, 7) is 4.59. The third-order valence-corrected chi connectivity index (χ3v) is 6.61. The van der Waals surface area contributed by atoms with Crippen LogP contribution in [-0.2, 0) is 6.42 Å². The average Bonchev–Trinajstić information content (AvgIpc) is 3.13. The lowest BCUT2D eigenvalue weighted by Crippen LogP contribution is -2.24. The molecule has 1 aromatic heterocycles. The van der Waals surface area contributed by atoms with Crippen LogP contribution in [0.25, 0.3) is 16.9 Å². The molecule has 1 heterocycles. The minimum absolute atomic E-state index is 0.0231. The molecule has 0 aliphatic carbocycles. The van der Waals surface area contributed by atoms with Crippen LogP contribution in [-0.4, -0.2) is 17.0 Å². The van der Waals surface area contributed by atoms with Crippen molar-refractivity contribution < 1.29 is 4.79 Å². The van der Waals surface area contributed by atoms with Gasteiger partial charge in [-0.1, -0.05) is 72.0 Å². The Labute approximate surface area is 198 Å². The smallest absolute Gasteiger partial charge is 0.312 e. The van der Waals surface area contributed by atoms with E-state index in [4.69, 9.17) is 0 Å². The minimum Gasteiger partial charge on any atom is -0.352 e. The number of carbonyl (C=O) groups is 1. The van der Waals surface area contributed by atoms with Gasteiger partial charge in [-0.2, -0.15) is 0 Å². The summed E-state index contributed by atoms with van der Waals surface area (Å²) in [5.41, 5.74) is 5.54. The molecule has 0 aliphatic rings. The Bertz CT molecular complexity index is 1300. The molecule has 0 bridgehead atoms. The van der Waals surface area contributed by atoms with Gasteiger partial charge >= 0.3 is 4.87 Å². The zero-order valence-corrected chi connectivity index (χ0v) is 19.8. The molecule has 0 aliphatic heterocycles. The molecule has 1 amide bonds. The van der Waals surface area contributed by atoms with Gasteiger partial charge in [0, 0.05) is 22.5 Å². The van der Waals surface area contributed by atoms with Crippen molar-refractivity contribution >= 4 is 17.2 Å². The Kier molecular flexibility index (Phi) is 7.20. The number of hydrogen-bond donors (Lipinski definition) is 1. The first-order valence-corrected chi connectivity index (χ1v) is 12.1. The van der Waals surface area contributed by atoms with E-state index < -0.39 is 0 Å². The normalized spacial score (nSPS) is 10.8. The van der Waals surface area contributed by atoms with E-state index in [0.717, 1.165) is 46.6 Å². The number of hydrogen-bond acceptors (Lipinski definition) is 3. The van der Waals surface area contributed by atoms with Crippen LogP contribution in [0.5, 0.6) is 0 Å². The number of nitrogens with one attached hydrogen (secondary N) is 1. The second kappa shape index (κ2) is 10.5. The lowest BCUT2D eigenvalue weighted by molar-refractivity contribution is 0.0953. The van der Waals surface area contributed by atoms with Gasteiger partial charge in [-0.3, -0.25) is 14.2 Å². The Morgan fingerprint density at radius 3 is 2.45 bits per heavy atom. The van der Waals surface area contributed by atoms with Crippen LogP contribution in [0.3, 0.4) is 0 Å². The first-order valence-electron chi connectivity index (χ1n) is 11.3. The summed E-state index contributed by atoms with van der Waals surface area (Å²) >= 11 is 1.23. The van der Waals surface area contributed by atoms with Gasteiger partial charge in [-0.15, -0.1) is 0 Å². The molecule has 0 saturated heterocycles. The van der Waals surface area contributed by atoms with Gasteiger partial charge in [0.1, 0.15) is 0 Å². The number of amides is 1. The summed E-state index contributed by atoms with van der Waals surface area (Å²) in [6, 6.07) is 25.8. The van der Waals surface area contributed by atoms with Gasteiger partial charge in [0.05, 0.1) is 11.4 Å². The van der Waals surface area contributed by atoms with Gasteiger partial charge in [-0.05, 0) is 62.4 Å². The monoisotopic (exact) mass is 456 g/mol. The van der Waals surface area contributed by atoms with Gasteiger partial charge in [-0.25, -0.2) is 0 Å². The fourth-order valence-electron chi connectivity index (χ4n) is 4.05. The first-order chi connectivity index (χ1) is 16.0. The van der Waals surface area contributed by atoms with Crippen LogP contribution in [0.1, 0.15) is 39.2 Å². The first kappa shape index (κ1) is 22.7. The van der Waals surface area contributed by atoms with E-state index in [1.165, 1.54) is 16.9 Å². The molecule has 1 N–H and O–H groups in total. The zero-order valence-electron chi connectivity index (χ0n) is 19.0. The minimum atomic E-state index is -0.0887. The molecule has 0 fully saturated rings. The third-order valence-electron chi connectivity index (χ3n) is 5.76. The zero-order chi connectivity index (χ0) is 23.2. The van der Waals surface area contributed by atoms with Gasteiger partial charge in [0.25, 0.3) is 5.91 Å². The fourth-order valence-corrected chi connectivity index (χ4v) is 4.90. The van der Waals surface area contributed by atoms with E-state index in [1.54, 1.807) is 4.57 Å². The number of aromatic nitrogens is 1. The average molecular weight is 457 g/mol. The van der Waals surface area contributed by atoms with Crippen molar-refractivity contribution in [3.8, 4) is 16.9 Å². The lowest BCUT2D eigenvalue weighted by Gasteiger charge is -2.13. The van der Waals surface area contributed by atoms with Crippen LogP contribution in [0.2, 0.25) is 0 Å². The maximum Gasteiger partial charge on any atom is 0.312 e. The molecule has 0 saturated carbocycles. The number of nitrogens with zero attached hydrogens (tertiary/aromatic N) is 1. The van der Waals surface area contributed by atoms with E-state index >= 15 is 0 Å². The summed E-state index contributed by atoms with van der Waals surface area (Å²) in [6.07, 6.45) is 2.97. The van der Waals surface area contributed by atoms with Crippen LogP contribution in [0, 0.1) is 13.8 Å². The van der Waals surface area contributed by atoms with Gasteiger partial charge in [0.15, 0.2) is 0 Å². The van der Waals surface area contributed by atoms with Gasteiger partial charge < -0.3 is 5.32 Å². The highest BCUT2D eigenvalue weighted by Crippen LogP contribution is 2.29. The van der Waals surface area contributed by atoms with Crippen LogP contribution in [0.4, 0.5) is 0 Å². The number of para-hydroxylation sites is 1. The van der Waals surface area contributed by atoms with Crippen LogP contribution >= 0.6 is 11.3 Å². The Hall–Kier alpha value is -3.44. The molecular weight excluding hydrogens is 428 g/mol. The maximum atomic E-state index is 12.8. The van der Waals surface area contributed by atoms with Crippen LogP contribution in [0.15, 0.2) is 83.7 Å². The number of rotatable bonds is 8. The SMILES string of the molecule is Cc1ccccc1-n1c(-c2cccc(C(=O)NCCCCc3ccccc3)c2)c(C)sc1=O. The predicted molar refractivity (Wildman–Crippen MR) is 137 cm³/mol. The molecule has 0 radical (unpaired) electrons. The summed E-state index contributed by atoms with van der Waals surface area (Å²) in [4.78, 5) is 26.5. The van der Waals surface area contributed by atoms with Crippen molar-refractivity contribution in [1.29, 1.82) is 0 Å². The van der Waals surface area contributed by atoms with Crippen molar-refractivity contribution in [1.82, 2.24) is 9.88 Å². The van der Waals surface area contributed by atoms with E-state index in [-0.39, 0.29) is 10.8 Å². The quantitative estimate of drug-likeness (QED) is 0.334. The number of aryl methyl sites for hydroxylation is 3. The molecule has 168 valence electrons. The summed E-state index contributed by atoms with van der Waals surface area (Å²) < 4.78 is 1.76. The molecule has 0 atom stereocenters. The van der Waals surface area contributed by atoms with E-state index in [1.807, 2.05) is 68.4 Å². The third kappa shape index (κ3) is 5.32. The van der Waals surface area contributed by atoms with Crippen molar-refractivity contribution in [2.75, 3.05) is 6.54 Å². The van der Waals surface area contributed by atoms with Crippen LogP contribution < -0.4 is 10.2 Å². The Balaban J connectivity index is 1.48. The predicted octanol–water partition coefficient (Wildman–Crippen LogP) is 5.94.